The molecule has 2 aliphatic heterocycles. The minimum atomic E-state index is -0.705. The molecule has 5 rings (SSSR count). The minimum absolute atomic E-state index is 0.0333. The van der Waals surface area contributed by atoms with Crippen molar-refractivity contribution in [2.45, 2.75) is 20.3 Å². The van der Waals surface area contributed by atoms with Gasteiger partial charge in [0.05, 0.1) is 42.8 Å². The van der Waals surface area contributed by atoms with Gasteiger partial charge in [0.1, 0.15) is 5.75 Å². The number of benzene rings is 3. The first kappa shape index (κ1) is 26.5. The fourth-order valence-electron chi connectivity index (χ4n) is 4.62. The topological polar surface area (TPSA) is 84.0 Å². The van der Waals surface area contributed by atoms with Crippen LogP contribution < -0.4 is 14.5 Å². The van der Waals surface area contributed by atoms with Crippen LogP contribution >= 0.6 is 46.4 Å². The van der Waals surface area contributed by atoms with Crippen molar-refractivity contribution in [3.63, 3.8) is 0 Å². The number of carbonyl (C=O) groups is 4. The van der Waals surface area contributed by atoms with Crippen LogP contribution in [0.3, 0.4) is 0 Å². The molecule has 0 aliphatic carbocycles. The van der Waals surface area contributed by atoms with Gasteiger partial charge in [-0.3, -0.25) is 19.2 Å². The maximum atomic E-state index is 13.2. The molecule has 2 aliphatic rings. The summed E-state index contributed by atoms with van der Waals surface area (Å²) in [4.78, 5) is 54.3. The zero-order valence-electron chi connectivity index (χ0n) is 20.0. The molecule has 3 amide bonds. The number of hydrogen-bond acceptors (Lipinski definition) is 5. The molecule has 3 aromatic rings. The van der Waals surface area contributed by atoms with E-state index < -0.39 is 23.7 Å². The van der Waals surface area contributed by atoms with Crippen LogP contribution in [0, 0.1) is 19.8 Å². The maximum Gasteiger partial charge on any atom is 0.316 e. The van der Waals surface area contributed by atoms with Gasteiger partial charge in [-0.05, 0) is 55.3 Å². The molecule has 0 N–H and O–H groups in total. The van der Waals surface area contributed by atoms with Crippen molar-refractivity contribution in [1.82, 2.24) is 0 Å². The van der Waals surface area contributed by atoms with Gasteiger partial charge < -0.3 is 9.64 Å². The van der Waals surface area contributed by atoms with Crippen LogP contribution in [0.5, 0.6) is 5.75 Å². The summed E-state index contributed by atoms with van der Waals surface area (Å²) in [7, 11) is 0. The zero-order chi connectivity index (χ0) is 27.5. The molecule has 0 unspecified atom stereocenters. The summed E-state index contributed by atoms with van der Waals surface area (Å²) in [5.41, 5.74) is 2.19. The van der Waals surface area contributed by atoms with E-state index in [-0.39, 0.29) is 61.5 Å². The average Bonchev–Trinajstić information content (AvgIpc) is 3.39. The monoisotopic (exact) mass is 590 g/mol. The molecule has 0 spiro atoms. The van der Waals surface area contributed by atoms with E-state index in [2.05, 4.69) is 0 Å². The van der Waals surface area contributed by atoms with Gasteiger partial charge in [0, 0.05) is 18.7 Å². The third-order valence-corrected chi connectivity index (χ3v) is 8.30. The molecule has 1 saturated heterocycles. The Morgan fingerprint density at radius 3 is 2.08 bits per heavy atom. The minimum Gasteiger partial charge on any atom is -0.426 e. The van der Waals surface area contributed by atoms with E-state index in [1.807, 2.05) is 31.2 Å². The summed E-state index contributed by atoms with van der Waals surface area (Å²) < 4.78 is 5.55. The molecule has 1 atom stereocenters. The second kappa shape index (κ2) is 9.89. The standard InChI is InChI=1S/C27H18Cl4N2O5/c1-12-4-3-5-15(8-12)32-11-14(10-18(32)34)27(37)38-16-6-7-17(13(2)9-16)33-25(35)19-20(26(33)36)22(29)24(31)23(30)21(19)28/h3-9,14H,10-11H2,1-2H3/t14-/m1/s1. The van der Waals surface area contributed by atoms with Gasteiger partial charge in [-0.2, -0.15) is 0 Å². The Morgan fingerprint density at radius 1 is 0.868 bits per heavy atom. The molecule has 0 aromatic heterocycles. The second-order valence-electron chi connectivity index (χ2n) is 9.07. The van der Waals surface area contributed by atoms with Gasteiger partial charge >= 0.3 is 5.97 Å². The molecule has 38 heavy (non-hydrogen) atoms. The van der Waals surface area contributed by atoms with Crippen LogP contribution in [0.4, 0.5) is 11.4 Å². The zero-order valence-corrected chi connectivity index (χ0v) is 23.0. The summed E-state index contributed by atoms with van der Waals surface area (Å²) in [5.74, 6) is -2.56. The lowest BCUT2D eigenvalue weighted by molar-refractivity contribution is -0.139. The lowest BCUT2D eigenvalue weighted by Gasteiger charge is -2.18. The van der Waals surface area contributed by atoms with E-state index >= 15 is 0 Å². The summed E-state index contributed by atoms with van der Waals surface area (Å²) in [5, 5.41) is -0.562. The molecule has 1 fully saturated rings. The summed E-state index contributed by atoms with van der Waals surface area (Å²) in [6, 6.07) is 11.9. The van der Waals surface area contributed by atoms with Gasteiger partial charge in [-0.1, -0.05) is 58.5 Å². The molecular weight excluding hydrogens is 574 g/mol. The first-order valence-corrected chi connectivity index (χ1v) is 12.9. The maximum absolute atomic E-state index is 13.2. The SMILES string of the molecule is Cc1cccc(N2C[C@H](C(=O)Oc3ccc(N4C(=O)c5c(Cl)c(Cl)c(Cl)c(Cl)c5C4=O)c(C)c3)CC2=O)c1. The summed E-state index contributed by atoms with van der Waals surface area (Å²) >= 11 is 24.6. The molecule has 3 aromatic carbocycles. The molecule has 0 radical (unpaired) electrons. The number of aryl methyl sites for hydroxylation is 2. The lowest BCUT2D eigenvalue weighted by Crippen LogP contribution is -2.30. The Labute approximate surface area is 237 Å². The van der Waals surface area contributed by atoms with Crippen molar-refractivity contribution in [1.29, 1.82) is 0 Å². The Kier molecular flexibility index (Phi) is 6.90. The first-order valence-electron chi connectivity index (χ1n) is 11.4. The Bertz CT molecular complexity index is 1520. The number of esters is 1. The van der Waals surface area contributed by atoms with E-state index in [4.69, 9.17) is 51.1 Å². The number of imide groups is 1. The summed E-state index contributed by atoms with van der Waals surface area (Å²) in [6.45, 7) is 3.79. The molecular formula is C27H18Cl4N2O5. The van der Waals surface area contributed by atoms with Crippen molar-refractivity contribution in [2.24, 2.45) is 5.92 Å². The van der Waals surface area contributed by atoms with E-state index in [9.17, 15) is 19.2 Å². The molecule has 11 heteroatoms. The van der Waals surface area contributed by atoms with Crippen molar-refractivity contribution in [2.75, 3.05) is 16.3 Å². The highest BCUT2D eigenvalue weighted by molar-refractivity contribution is 6.56. The molecule has 2 heterocycles. The van der Waals surface area contributed by atoms with Gasteiger partial charge in [-0.25, -0.2) is 4.90 Å². The van der Waals surface area contributed by atoms with E-state index in [0.717, 1.165) is 16.2 Å². The normalized spacial score (nSPS) is 16.9. The Hall–Kier alpha value is -3.10. The smallest absolute Gasteiger partial charge is 0.316 e. The van der Waals surface area contributed by atoms with E-state index in [0.29, 0.717) is 5.56 Å². The number of ether oxygens (including phenoxy) is 1. The Morgan fingerprint density at radius 2 is 1.50 bits per heavy atom. The second-order valence-corrected chi connectivity index (χ2v) is 10.6. The van der Waals surface area contributed by atoms with E-state index in [1.165, 1.54) is 18.2 Å². The highest BCUT2D eigenvalue weighted by Gasteiger charge is 2.43. The predicted octanol–water partition coefficient (Wildman–Crippen LogP) is 6.68. The number of carbonyl (C=O) groups excluding carboxylic acids is 4. The molecule has 194 valence electrons. The molecule has 7 nitrogen and oxygen atoms in total. The highest BCUT2D eigenvalue weighted by Crippen LogP contribution is 2.46. The first-order chi connectivity index (χ1) is 18.0. The van der Waals surface area contributed by atoms with Gasteiger partial charge in [0.15, 0.2) is 0 Å². The van der Waals surface area contributed by atoms with Crippen molar-refractivity contribution in [3.8, 4) is 5.75 Å². The van der Waals surface area contributed by atoms with Crippen LogP contribution in [-0.2, 0) is 9.59 Å². The van der Waals surface area contributed by atoms with Crippen LogP contribution in [0.1, 0.15) is 38.3 Å². The summed E-state index contributed by atoms with van der Waals surface area (Å²) in [6.07, 6.45) is 0.0333. The van der Waals surface area contributed by atoms with Crippen LogP contribution in [0.15, 0.2) is 42.5 Å². The largest absolute Gasteiger partial charge is 0.426 e. The molecule has 0 bridgehead atoms. The number of rotatable bonds is 4. The predicted molar refractivity (Wildman–Crippen MR) is 146 cm³/mol. The number of anilines is 2. The quantitative estimate of drug-likeness (QED) is 0.111. The van der Waals surface area contributed by atoms with Crippen LogP contribution in [0.25, 0.3) is 0 Å². The van der Waals surface area contributed by atoms with Crippen molar-refractivity contribution >= 4 is 81.5 Å². The number of nitrogens with zero attached hydrogens (tertiary/aromatic N) is 2. The number of halogens is 4. The Balaban J connectivity index is 1.35. The highest BCUT2D eigenvalue weighted by atomic mass is 35.5. The van der Waals surface area contributed by atoms with Crippen LogP contribution in [0.2, 0.25) is 20.1 Å². The van der Waals surface area contributed by atoms with Crippen molar-refractivity contribution in [3.05, 3.63) is 84.8 Å². The van der Waals surface area contributed by atoms with Crippen LogP contribution in [-0.4, -0.2) is 30.2 Å². The number of amides is 3. The van der Waals surface area contributed by atoms with E-state index in [1.54, 1.807) is 11.8 Å². The lowest BCUT2D eigenvalue weighted by atomic mass is 10.1. The van der Waals surface area contributed by atoms with Gasteiger partial charge in [0.25, 0.3) is 11.8 Å². The van der Waals surface area contributed by atoms with Gasteiger partial charge in [-0.15, -0.1) is 0 Å². The number of hydrogen-bond donors (Lipinski definition) is 0. The fourth-order valence-corrected chi connectivity index (χ4v) is 5.63. The van der Waals surface area contributed by atoms with Crippen molar-refractivity contribution < 1.29 is 23.9 Å². The number of fused-ring (bicyclic) bond motifs is 1. The third kappa shape index (κ3) is 4.33. The average molecular weight is 592 g/mol. The molecule has 0 saturated carbocycles. The fraction of sp³-hybridized carbons (Fsp3) is 0.185. The van der Waals surface area contributed by atoms with Gasteiger partial charge in [0.2, 0.25) is 5.91 Å². The third-order valence-electron chi connectivity index (χ3n) is 6.50.